The Labute approximate surface area is 188 Å². The normalized spacial score (nSPS) is 47.4. The number of rotatable bonds is 6. The van der Waals surface area contributed by atoms with Crippen molar-refractivity contribution >= 4 is 23.7 Å². The fraction of sp³-hybridized carbons (Fsp3) is 1.00. The molecule has 0 aromatic heterocycles. The van der Waals surface area contributed by atoms with Crippen molar-refractivity contribution in [3.8, 4) is 0 Å². The van der Waals surface area contributed by atoms with E-state index in [1.165, 1.54) is 57.8 Å². The standard InChI is InChI=1S/C25H45NOS2/c1-23(2,28-16-29-26-5)15-18-10-12-20-19-11-9-17-8-6-7-13-24(17,3)21(19)14-22(27)25(18,20)4/h17-22,26-27H,6-16H2,1-5H3. The molecule has 0 saturated heterocycles. The summed E-state index contributed by atoms with van der Waals surface area (Å²) in [5.41, 5.74) is 0.661. The lowest BCUT2D eigenvalue weighted by molar-refractivity contribution is -0.164. The third kappa shape index (κ3) is 3.95. The van der Waals surface area contributed by atoms with Crippen molar-refractivity contribution in [1.29, 1.82) is 0 Å². The van der Waals surface area contributed by atoms with Crippen LogP contribution in [0.3, 0.4) is 0 Å². The van der Waals surface area contributed by atoms with Crippen LogP contribution in [0.15, 0.2) is 0 Å². The first-order chi connectivity index (χ1) is 13.7. The van der Waals surface area contributed by atoms with Crippen molar-refractivity contribution < 1.29 is 5.11 Å². The average Bonchev–Trinajstić information content (AvgIpc) is 3.00. The second-order valence-electron chi connectivity index (χ2n) is 11.9. The molecule has 4 aliphatic carbocycles. The zero-order valence-electron chi connectivity index (χ0n) is 19.5. The molecule has 2 N–H and O–H groups in total. The summed E-state index contributed by atoms with van der Waals surface area (Å²) in [4.78, 5) is 0. The first-order valence-corrected chi connectivity index (χ1v) is 14.3. The van der Waals surface area contributed by atoms with Crippen LogP contribution in [0.4, 0.5) is 0 Å². The zero-order chi connectivity index (χ0) is 20.9. The molecule has 0 heterocycles. The number of hydrogen-bond acceptors (Lipinski definition) is 4. The summed E-state index contributed by atoms with van der Waals surface area (Å²) in [7, 11) is 2.01. The van der Waals surface area contributed by atoms with Gasteiger partial charge in [0.25, 0.3) is 0 Å². The third-order valence-electron chi connectivity index (χ3n) is 10.3. The van der Waals surface area contributed by atoms with Gasteiger partial charge in [-0.2, -0.15) is 0 Å². The third-order valence-corrected chi connectivity index (χ3v) is 12.5. The molecule has 0 aliphatic heterocycles. The summed E-state index contributed by atoms with van der Waals surface area (Å²) in [5.74, 6) is 4.04. The lowest BCUT2D eigenvalue weighted by Crippen LogP contribution is -2.58. The molecule has 4 heteroatoms. The Morgan fingerprint density at radius 1 is 1.03 bits per heavy atom. The lowest BCUT2D eigenvalue weighted by Gasteiger charge is -2.62. The van der Waals surface area contributed by atoms with Crippen molar-refractivity contribution in [1.82, 2.24) is 4.72 Å². The molecule has 0 bridgehead atoms. The Kier molecular flexibility index (Phi) is 6.70. The molecule has 4 rings (SSSR count). The molecule has 8 atom stereocenters. The highest BCUT2D eigenvalue weighted by Crippen LogP contribution is 2.68. The minimum Gasteiger partial charge on any atom is -0.393 e. The van der Waals surface area contributed by atoms with Gasteiger partial charge in [0.1, 0.15) is 0 Å². The van der Waals surface area contributed by atoms with Gasteiger partial charge in [-0.3, -0.25) is 4.72 Å². The van der Waals surface area contributed by atoms with E-state index >= 15 is 0 Å². The summed E-state index contributed by atoms with van der Waals surface area (Å²) < 4.78 is 3.49. The van der Waals surface area contributed by atoms with E-state index in [0.717, 1.165) is 35.2 Å². The second-order valence-corrected chi connectivity index (χ2v) is 14.9. The van der Waals surface area contributed by atoms with Gasteiger partial charge in [0.15, 0.2) is 0 Å². The van der Waals surface area contributed by atoms with E-state index in [1.54, 1.807) is 11.9 Å². The van der Waals surface area contributed by atoms with E-state index in [2.05, 4.69) is 44.2 Å². The van der Waals surface area contributed by atoms with Crippen LogP contribution >= 0.6 is 23.7 Å². The summed E-state index contributed by atoms with van der Waals surface area (Å²) in [5, 5.41) is 12.7. The molecule has 168 valence electrons. The largest absolute Gasteiger partial charge is 0.393 e. The maximum absolute atomic E-state index is 11.6. The van der Waals surface area contributed by atoms with Crippen LogP contribution < -0.4 is 4.72 Å². The summed E-state index contributed by atoms with van der Waals surface area (Å²) >= 11 is 3.89. The molecule has 8 unspecified atom stereocenters. The van der Waals surface area contributed by atoms with Gasteiger partial charge >= 0.3 is 0 Å². The van der Waals surface area contributed by atoms with Crippen LogP contribution in [-0.4, -0.2) is 28.1 Å². The summed E-state index contributed by atoms with van der Waals surface area (Å²) in [6, 6.07) is 0. The molecule has 0 aromatic rings. The fourth-order valence-corrected chi connectivity index (χ4v) is 10.9. The molecule has 4 saturated carbocycles. The van der Waals surface area contributed by atoms with Gasteiger partial charge in [0.05, 0.1) is 11.2 Å². The minimum atomic E-state index is -0.0914. The van der Waals surface area contributed by atoms with Crippen LogP contribution in [0.5, 0.6) is 0 Å². The Morgan fingerprint density at radius 2 is 1.83 bits per heavy atom. The van der Waals surface area contributed by atoms with Gasteiger partial charge in [-0.1, -0.05) is 52.5 Å². The summed E-state index contributed by atoms with van der Waals surface area (Å²) in [6.45, 7) is 9.97. The molecule has 2 nitrogen and oxygen atoms in total. The number of thioether (sulfide) groups is 1. The maximum Gasteiger partial charge on any atom is 0.0602 e. The van der Waals surface area contributed by atoms with Crippen molar-refractivity contribution in [3.05, 3.63) is 0 Å². The van der Waals surface area contributed by atoms with Gasteiger partial charge in [0.2, 0.25) is 0 Å². The van der Waals surface area contributed by atoms with Gasteiger partial charge in [-0.15, -0.1) is 11.8 Å². The zero-order valence-corrected chi connectivity index (χ0v) is 21.1. The average molecular weight is 440 g/mol. The Bertz CT molecular complexity index is 583. The number of aliphatic hydroxyl groups is 1. The predicted octanol–water partition coefficient (Wildman–Crippen LogP) is 6.73. The Balaban J connectivity index is 1.51. The number of nitrogens with one attached hydrogen (secondary N) is 1. The van der Waals surface area contributed by atoms with Gasteiger partial charge in [-0.05, 0) is 98.8 Å². The molecule has 4 aliphatic rings. The first-order valence-electron chi connectivity index (χ1n) is 12.3. The van der Waals surface area contributed by atoms with E-state index in [1.807, 2.05) is 7.05 Å². The molecule has 0 amide bonds. The van der Waals surface area contributed by atoms with Crippen LogP contribution in [0.2, 0.25) is 0 Å². The first kappa shape index (κ1) is 22.8. The van der Waals surface area contributed by atoms with Crippen LogP contribution in [-0.2, 0) is 0 Å². The number of fused-ring (bicyclic) bond motifs is 5. The van der Waals surface area contributed by atoms with Gasteiger partial charge in [0, 0.05) is 4.75 Å². The van der Waals surface area contributed by atoms with Crippen molar-refractivity contribution in [3.63, 3.8) is 0 Å². The highest BCUT2D eigenvalue weighted by molar-refractivity contribution is 8.15. The lowest BCUT2D eigenvalue weighted by atomic mass is 9.44. The molecular weight excluding hydrogens is 394 g/mol. The predicted molar refractivity (Wildman–Crippen MR) is 129 cm³/mol. The second kappa shape index (κ2) is 8.52. The van der Waals surface area contributed by atoms with E-state index < -0.39 is 0 Å². The van der Waals surface area contributed by atoms with Crippen molar-refractivity contribution in [2.24, 2.45) is 40.4 Å². The SMILES string of the molecule is CNSCSC(C)(C)CC1CCC2C3CCC4CCCCC4(C)C3CC(O)C12C. The molecule has 0 aromatic carbocycles. The minimum absolute atomic E-state index is 0.0914. The molecule has 0 radical (unpaired) electrons. The number of hydrogen-bond donors (Lipinski definition) is 2. The molecular formula is C25H45NOS2. The summed E-state index contributed by atoms with van der Waals surface area (Å²) in [6.07, 6.45) is 13.6. The van der Waals surface area contributed by atoms with Crippen molar-refractivity contribution in [2.45, 2.75) is 103 Å². The fourth-order valence-electron chi connectivity index (χ4n) is 8.62. The highest BCUT2D eigenvalue weighted by Gasteiger charge is 2.63. The Hall–Kier alpha value is 0.620. The quantitative estimate of drug-likeness (QED) is 0.273. The van der Waals surface area contributed by atoms with Crippen LogP contribution in [0.1, 0.15) is 91.9 Å². The van der Waals surface area contributed by atoms with Gasteiger partial charge < -0.3 is 5.11 Å². The highest BCUT2D eigenvalue weighted by atomic mass is 32.2. The topological polar surface area (TPSA) is 32.3 Å². The van der Waals surface area contributed by atoms with Crippen LogP contribution in [0, 0.1) is 40.4 Å². The molecule has 4 fully saturated rings. The number of aliphatic hydroxyl groups excluding tert-OH is 1. The molecule has 0 spiro atoms. The van der Waals surface area contributed by atoms with Crippen LogP contribution in [0.25, 0.3) is 0 Å². The van der Waals surface area contributed by atoms with Crippen molar-refractivity contribution in [2.75, 3.05) is 12.1 Å². The van der Waals surface area contributed by atoms with E-state index in [-0.39, 0.29) is 16.3 Å². The van der Waals surface area contributed by atoms with E-state index in [9.17, 15) is 5.11 Å². The smallest absolute Gasteiger partial charge is 0.0602 e. The Morgan fingerprint density at radius 3 is 2.59 bits per heavy atom. The molecule has 29 heavy (non-hydrogen) atoms. The van der Waals surface area contributed by atoms with Gasteiger partial charge in [-0.25, -0.2) is 0 Å². The monoisotopic (exact) mass is 439 g/mol. The maximum atomic E-state index is 11.6. The van der Waals surface area contributed by atoms with E-state index in [4.69, 9.17) is 0 Å². The van der Waals surface area contributed by atoms with E-state index in [0.29, 0.717) is 11.3 Å².